The first-order chi connectivity index (χ1) is 8.43. The third-order valence-electron chi connectivity index (χ3n) is 2.91. The molecule has 0 saturated heterocycles. The Morgan fingerprint density at radius 2 is 2.22 bits per heavy atom. The van der Waals surface area contributed by atoms with Gasteiger partial charge in [0, 0.05) is 28.3 Å². The summed E-state index contributed by atoms with van der Waals surface area (Å²) in [4.78, 5) is 10.5. The Labute approximate surface area is 110 Å². The Morgan fingerprint density at radius 1 is 1.56 bits per heavy atom. The second-order valence-corrected chi connectivity index (χ2v) is 6.33. The second kappa shape index (κ2) is 6.68. The van der Waals surface area contributed by atoms with Crippen molar-refractivity contribution in [2.45, 2.75) is 50.7 Å². The Balaban J connectivity index is 2.59. The zero-order chi connectivity index (χ0) is 13.7. The number of aromatic nitrogens is 2. The summed E-state index contributed by atoms with van der Waals surface area (Å²) in [6.07, 6.45) is 2.79. The predicted molar refractivity (Wildman–Crippen MR) is 70.8 cm³/mol. The summed E-state index contributed by atoms with van der Waals surface area (Å²) < 4.78 is 13.8. The van der Waals surface area contributed by atoms with Crippen LogP contribution >= 0.6 is 0 Å². The van der Waals surface area contributed by atoms with Gasteiger partial charge in [-0.1, -0.05) is 13.8 Å². The minimum Gasteiger partial charge on any atom is -0.481 e. The molecule has 0 saturated carbocycles. The first-order valence-electron chi connectivity index (χ1n) is 6.07. The van der Waals surface area contributed by atoms with Gasteiger partial charge in [0.15, 0.2) is 0 Å². The van der Waals surface area contributed by atoms with Crippen LogP contribution in [0.5, 0.6) is 0 Å². The normalized spacial score (nSPS) is 16.2. The summed E-state index contributed by atoms with van der Waals surface area (Å²) in [7, 11) is -1.19. The van der Waals surface area contributed by atoms with Crippen molar-refractivity contribution >= 4 is 16.8 Å². The molecule has 1 N–H and O–H groups in total. The highest BCUT2D eigenvalue weighted by Gasteiger charge is 2.16. The fourth-order valence-corrected chi connectivity index (χ4v) is 2.57. The van der Waals surface area contributed by atoms with E-state index in [9.17, 15) is 9.00 Å². The molecule has 0 fully saturated rings. The number of carbonyl (C=O) groups is 1. The van der Waals surface area contributed by atoms with Crippen LogP contribution in [0.1, 0.15) is 45.3 Å². The molecule has 3 atom stereocenters. The molecule has 18 heavy (non-hydrogen) atoms. The van der Waals surface area contributed by atoms with Gasteiger partial charge >= 0.3 is 5.97 Å². The molecule has 0 radical (unpaired) electrons. The van der Waals surface area contributed by atoms with Crippen LogP contribution in [0.4, 0.5) is 0 Å². The van der Waals surface area contributed by atoms with Gasteiger partial charge in [-0.3, -0.25) is 13.7 Å². The van der Waals surface area contributed by atoms with E-state index in [0.717, 1.165) is 12.1 Å². The Kier molecular flexibility index (Phi) is 5.53. The molecule has 0 amide bonds. The quantitative estimate of drug-likeness (QED) is 0.823. The maximum Gasteiger partial charge on any atom is 0.304 e. The molecule has 1 aromatic rings. The van der Waals surface area contributed by atoms with Crippen molar-refractivity contribution in [2.75, 3.05) is 0 Å². The second-order valence-electron chi connectivity index (χ2n) is 4.48. The standard InChI is InChI=1S/C12H20N2O3S/c1-4-9(2)14-6-5-11(13-14)8-18(17)10(3)7-12(15)16/h5-6,9-10H,4,7-8H2,1-3H3,(H,15,16). The topological polar surface area (TPSA) is 72.2 Å². The van der Waals surface area contributed by atoms with E-state index in [0.29, 0.717) is 11.8 Å². The SMILES string of the molecule is CCC(C)n1ccc(CS(=O)C(C)CC(=O)O)n1. The van der Waals surface area contributed by atoms with E-state index >= 15 is 0 Å². The van der Waals surface area contributed by atoms with Gasteiger partial charge in [0.1, 0.15) is 0 Å². The van der Waals surface area contributed by atoms with Gasteiger partial charge in [-0.15, -0.1) is 0 Å². The van der Waals surface area contributed by atoms with Crippen molar-refractivity contribution < 1.29 is 14.1 Å². The summed E-state index contributed by atoms with van der Waals surface area (Å²) in [6, 6.07) is 2.17. The van der Waals surface area contributed by atoms with E-state index < -0.39 is 16.8 Å². The molecule has 102 valence electrons. The number of aliphatic carboxylic acids is 1. The lowest BCUT2D eigenvalue weighted by Gasteiger charge is -2.09. The van der Waals surface area contributed by atoms with Crippen LogP contribution in [0.25, 0.3) is 0 Å². The number of hydrogen-bond donors (Lipinski definition) is 1. The van der Waals surface area contributed by atoms with E-state index in [1.807, 2.05) is 16.9 Å². The largest absolute Gasteiger partial charge is 0.481 e. The minimum absolute atomic E-state index is 0.0708. The van der Waals surface area contributed by atoms with Crippen molar-refractivity contribution in [2.24, 2.45) is 0 Å². The zero-order valence-electron chi connectivity index (χ0n) is 11.0. The number of carboxylic acid groups (broad SMARTS) is 1. The van der Waals surface area contributed by atoms with Crippen molar-refractivity contribution in [3.05, 3.63) is 18.0 Å². The summed E-state index contributed by atoms with van der Waals surface area (Å²) >= 11 is 0. The van der Waals surface area contributed by atoms with E-state index in [4.69, 9.17) is 5.11 Å². The summed E-state index contributed by atoms with van der Waals surface area (Å²) in [6.45, 7) is 5.84. The van der Waals surface area contributed by atoms with Gasteiger partial charge in [0.25, 0.3) is 0 Å². The first kappa shape index (κ1) is 14.9. The van der Waals surface area contributed by atoms with Gasteiger partial charge in [0.2, 0.25) is 0 Å². The number of rotatable bonds is 7. The third-order valence-corrected chi connectivity index (χ3v) is 4.55. The van der Waals surface area contributed by atoms with Crippen LogP contribution < -0.4 is 0 Å². The van der Waals surface area contributed by atoms with Crippen LogP contribution in [0.3, 0.4) is 0 Å². The van der Waals surface area contributed by atoms with Gasteiger partial charge < -0.3 is 5.11 Å². The van der Waals surface area contributed by atoms with Crippen molar-refractivity contribution in [3.63, 3.8) is 0 Å². The lowest BCUT2D eigenvalue weighted by molar-refractivity contribution is -0.136. The summed E-state index contributed by atoms with van der Waals surface area (Å²) in [5, 5.41) is 12.7. The highest BCUT2D eigenvalue weighted by molar-refractivity contribution is 7.84. The van der Waals surface area contributed by atoms with E-state index in [1.165, 1.54) is 0 Å². The molecule has 0 bridgehead atoms. The first-order valence-corrected chi connectivity index (χ1v) is 7.45. The maximum absolute atomic E-state index is 11.9. The number of hydrogen-bond acceptors (Lipinski definition) is 3. The fraction of sp³-hybridized carbons (Fsp3) is 0.667. The van der Waals surface area contributed by atoms with E-state index in [1.54, 1.807) is 6.92 Å². The predicted octanol–water partition coefficient (Wildman–Crippen LogP) is 1.97. The van der Waals surface area contributed by atoms with Crippen LogP contribution in [0.15, 0.2) is 12.3 Å². The molecule has 5 nitrogen and oxygen atoms in total. The molecule has 0 aliphatic rings. The highest BCUT2D eigenvalue weighted by atomic mass is 32.2. The molecule has 0 aliphatic carbocycles. The smallest absolute Gasteiger partial charge is 0.304 e. The van der Waals surface area contributed by atoms with Crippen LogP contribution in [0.2, 0.25) is 0 Å². The number of nitrogens with zero attached hydrogens (tertiary/aromatic N) is 2. The average molecular weight is 272 g/mol. The minimum atomic E-state index is -1.19. The lowest BCUT2D eigenvalue weighted by atomic mass is 10.3. The highest BCUT2D eigenvalue weighted by Crippen LogP contribution is 2.12. The molecule has 0 spiro atoms. The molecule has 1 rings (SSSR count). The molecule has 1 heterocycles. The van der Waals surface area contributed by atoms with Crippen LogP contribution in [0, 0.1) is 0 Å². The third kappa shape index (κ3) is 4.25. The van der Waals surface area contributed by atoms with Crippen molar-refractivity contribution in [3.8, 4) is 0 Å². The average Bonchev–Trinajstić information content (AvgIpc) is 2.75. The molecule has 1 aromatic heterocycles. The van der Waals surface area contributed by atoms with Gasteiger partial charge in [-0.25, -0.2) is 0 Å². The molecule has 6 heteroatoms. The van der Waals surface area contributed by atoms with E-state index in [2.05, 4.69) is 18.9 Å². The molecule has 0 aromatic carbocycles. The summed E-state index contributed by atoms with van der Waals surface area (Å²) in [5.74, 6) is -0.598. The molecular formula is C12H20N2O3S. The molecule has 0 aliphatic heterocycles. The molecule has 3 unspecified atom stereocenters. The van der Waals surface area contributed by atoms with Crippen LogP contribution in [-0.2, 0) is 21.3 Å². The Bertz CT molecular complexity index is 431. The fourth-order valence-electron chi connectivity index (χ4n) is 1.51. The monoisotopic (exact) mass is 272 g/mol. The Morgan fingerprint density at radius 3 is 2.78 bits per heavy atom. The summed E-state index contributed by atoms with van der Waals surface area (Å²) in [5.41, 5.74) is 0.755. The van der Waals surface area contributed by atoms with Crippen LogP contribution in [-0.4, -0.2) is 30.3 Å². The molecular weight excluding hydrogens is 252 g/mol. The maximum atomic E-state index is 11.9. The zero-order valence-corrected chi connectivity index (χ0v) is 11.8. The van der Waals surface area contributed by atoms with Crippen molar-refractivity contribution in [1.82, 2.24) is 9.78 Å². The van der Waals surface area contributed by atoms with E-state index in [-0.39, 0.29) is 11.7 Å². The van der Waals surface area contributed by atoms with Gasteiger partial charge in [0.05, 0.1) is 17.9 Å². The Hall–Kier alpha value is -1.17. The van der Waals surface area contributed by atoms with Gasteiger partial charge in [-0.2, -0.15) is 5.10 Å². The van der Waals surface area contributed by atoms with Gasteiger partial charge in [-0.05, 0) is 19.4 Å². The lowest BCUT2D eigenvalue weighted by Crippen LogP contribution is -2.17. The van der Waals surface area contributed by atoms with Crippen molar-refractivity contribution in [1.29, 1.82) is 0 Å². The number of carboxylic acids is 1.